The summed E-state index contributed by atoms with van der Waals surface area (Å²) in [7, 11) is 0. The van der Waals surface area contributed by atoms with Crippen molar-refractivity contribution in [2.45, 2.75) is 57.8 Å². The summed E-state index contributed by atoms with van der Waals surface area (Å²) < 4.78 is 17.4. The first-order valence-corrected chi connectivity index (χ1v) is 11.3. The van der Waals surface area contributed by atoms with Gasteiger partial charge in [0.15, 0.2) is 5.96 Å². The van der Waals surface area contributed by atoms with E-state index in [9.17, 15) is 5.11 Å². The van der Waals surface area contributed by atoms with Crippen molar-refractivity contribution in [2.75, 3.05) is 46.0 Å². The second-order valence-electron chi connectivity index (χ2n) is 8.13. The summed E-state index contributed by atoms with van der Waals surface area (Å²) in [4.78, 5) is 6.90. The molecular formula is C23H38IN3O4. The summed E-state index contributed by atoms with van der Waals surface area (Å²) in [5, 5.41) is 13.6. The van der Waals surface area contributed by atoms with Gasteiger partial charge >= 0.3 is 0 Å². The number of likely N-dealkylation sites (tertiary alicyclic amines) is 1. The Morgan fingerprint density at radius 3 is 2.81 bits per heavy atom. The van der Waals surface area contributed by atoms with Gasteiger partial charge in [-0.1, -0.05) is 12.1 Å². The fourth-order valence-electron chi connectivity index (χ4n) is 3.82. The van der Waals surface area contributed by atoms with Gasteiger partial charge in [0.1, 0.15) is 18.5 Å². The maximum Gasteiger partial charge on any atom is 0.194 e. The highest BCUT2D eigenvalue weighted by Gasteiger charge is 2.24. The van der Waals surface area contributed by atoms with Crippen molar-refractivity contribution in [3.63, 3.8) is 0 Å². The third kappa shape index (κ3) is 9.11. The Morgan fingerprint density at radius 1 is 1.32 bits per heavy atom. The molecule has 1 aromatic carbocycles. The minimum Gasteiger partial charge on any atom is -0.491 e. The predicted molar refractivity (Wildman–Crippen MR) is 134 cm³/mol. The molecule has 2 unspecified atom stereocenters. The topological polar surface area (TPSA) is 75.6 Å². The van der Waals surface area contributed by atoms with Crippen LogP contribution < -0.4 is 10.1 Å². The number of aliphatic hydroxyl groups excluding tert-OH is 1. The van der Waals surface area contributed by atoms with Crippen molar-refractivity contribution in [1.29, 1.82) is 0 Å². The van der Waals surface area contributed by atoms with Gasteiger partial charge in [0.25, 0.3) is 0 Å². The van der Waals surface area contributed by atoms with E-state index in [1.54, 1.807) is 0 Å². The van der Waals surface area contributed by atoms with Crippen LogP contribution in [0.1, 0.15) is 38.2 Å². The number of hydrogen-bond donors (Lipinski definition) is 2. The SMILES string of the molecule is CCNC(=NCC(O)COc1cccc(C)c1)N1CCC(OCC2CCCO2)CC1.I. The fourth-order valence-corrected chi connectivity index (χ4v) is 3.82. The summed E-state index contributed by atoms with van der Waals surface area (Å²) in [5.74, 6) is 1.62. The highest BCUT2D eigenvalue weighted by Crippen LogP contribution is 2.18. The Morgan fingerprint density at radius 2 is 2.13 bits per heavy atom. The molecule has 2 heterocycles. The molecular weight excluding hydrogens is 509 g/mol. The third-order valence-corrected chi connectivity index (χ3v) is 5.50. The molecule has 0 amide bonds. The zero-order chi connectivity index (χ0) is 21.2. The first-order valence-electron chi connectivity index (χ1n) is 11.3. The van der Waals surface area contributed by atoms with Crippen molar-refractivity contribution < 1.29 is 19.3 Å². The maximum atomic E-state index is 10.3. The second kappa shape index (κ2) is 14.1. The number of benzene rings is 1. The predicted octanol–water partition coefficient (Wildman–Crippen LogP) is 2.98. The number of guanidine groups is 1. The van der Waals surface area contributed by atoms with Crippen LogP contribution in [0.4, 0.5) is 0 Å². The van der Waals surface area contributed by atoms with Crippen molar-refractivity contribution >= 4 is 29.9 Å². The first kappa shape index (κ1) is 26.2. The van der Waals surface area contributed by atoms with E-state index < -0.39 is 6.10 Å². The van der Waals surface area contributed by atoms with Crippen LogP contribution in [0, 0.1) is 6.92 Å². The molecule has 2 aliphatic heterocycles. The Balaban J connectivity index is 0.00000341. The van der Waals surface area contributed by atoms with Crippen LogP contribution in [0.5, 0.6) is 5.75 Å². The standard InChI is InChI=1S/C23H37N3O4.HI/c1-3-24-23(25-15-19(27)16-29-21-7-4-6-18(2)14-21)26-11-9-20(10-12-26)30-17-22-8-5-13-28-22;/h4,6-7,14,19-20,22,27H,3,5,8-13,15-17H2,1-2H3,(H,24,25);1H. The smallest absolute Gasteiger partial charge is 0.194 e. The molecule has 0 radical (unpaired) electrons. The van der Waals surface area contributed by atoms with Gasteiger partial charge in [0.05, 0.1) is 25.4 Å². The van der Waals surface area contributed by atoms with E-state index in [4.69, 9.17) is 14.2 Å². The highest BCUT2D eigenvalue weighted by atomic mass is 127. The molecule has 31 heavy (non-hydrogen) atoms. The first-order chi connectivity index (χ1) is 14.6. The van der Waals surface area contributed by atoms with E-state index in [0.29, 0.717) is 19.3 Å². The molecule has 0 bridgehead atoms. The average Bonchev–Trinajstić information content (AvgIpc) is 3.28. The van der Waals surface area contributed by atoms with E-state index in [2.05, 4.69) is 22.1 Å². The zero-order valence-electron chi connectivity index (χ0n) is 18.8. The average molecular weight is 547 g/mol. The number of nitrogens with zero attached hydrogens (tertiary/aromatic N) is 2. The van der Waals surface area contributed by atoms with E-state index in [-0.39, 0.29) is 36.7 Å². The molecule has 2 aliphatic rings. The number of aliphatic hydroxyl groups is 1. The van der Waals surface area contributed by atoms with Crippen molar-refractivity contribution in [1.82, 2.24) is 10.2 Å². The number of halogens is 1. The van der Waals surface area contributed by atoms with E-state index in [1.807, 2.05) is 31.2 Å². The zero-order valence-corrected chi connectivity index (χ0v) is 21.1. The van der Waals surface area contributed by atoms with E-state index in [1.165, 1.54) is 0 Å². The molecule has 2 atom stereocenters. The Labute approximate surface area is 203 Å². The van der Waals surface area contributed by atoms with Crippen molar-refractivity contribution in [3.05, 3.63) is 29.8 Å². The summed E-state index contributed by atoms with van der Waals surface area (Å²) in [5.41, 5.74) is 1.14. The van der Waals surface area contributed by atoms with Gasteiger partial charge in [-0.3, -0.25) is 4.99 Å². The van der Waals surface area contributed by atoms with Gasteiger partial charge in [-0.15, -0.1) is 24.0 Å². The minimum atomic E-state index is -0.647. The van der Waals surface area contributed by atoms with Gasteiger partial charge in [-0.2, -0.15) is 0 Å². The van der Waals surface area contributed by atoms with Crippen LogP contribution in [0.3, 0.4) is 0 Å². The van der Waals surface area contributed by atoms with Crippen LogP contribution >= 0.6 is 24.0 Å². The van der Waals surface area contributed by atoms with Crippen LogP contribution in [0.2, 0.25) is 0 Å². The van der Waals surface area contributed by atoms with Gasteiger partial charge in [0, 0.05) is 26.2 Å². The fraction of sp³-hybridized carbons (Fsp3) is 0.696. The van der Waals surface area contributed by atoms with Crippen molar-refractivity contribution in [3.8, 4) is 5.75 Å². The minimum absolute atomic E-state index is 0. The van der Waals surface area contributed by atoms with E-state index in [0.717, 1.165) is 69.2 Å². The molecule has 2 N–H and O–H groups in total. The molecule has 3 rings (SSSR count). The third-order valence-electron chi connectivity index (χ3n) is 5.50. The molecule has 176 valence electrons. The Kier molecular flexibility index (Phi) is 11.9. The number of rotatable bonds is 9. The molecule has 1 aromatic rings. The molecule has 0 spiro atoms. The van der Waals surface area contributed by atoms with Gasteiger partial charge in [0.2, 0.25) is 0 Å². The molecule has 0 aromatic heterocycles. The molecule has 0 saturated carbocycles. The maximum absolute atomic E-state index is 10.3. The summed E-state index contributed by atoms with van der Waals surface area (Å²) in [6.07, 6.45) is 4.16. The summed E-state index contributed by atoms with van der Waals surface area (Å²) >= 11 is 0. The quantitative estimate of drug-likeness (QED) is 0.282. The lowest BCUT2D eigenvalue weighted by Gasteiger charge is -2.34. The lowest BCUT2D eigenvalue weighted by atomic mass is 10.1. The number of piperidine rings is 1. The summed E-state index contributed by atoms with van der Waals surface area (Å²) in [6, 6.07) is 7.84. The Bertz CT molecular complexity index is 662. The molecule has 0 aliphatic carbocycles. The lowest BCUT2D eigenvalue weighted by molar-refractivity contribution is -0.0367. The van der Waals surface area contributed by atoms with Crippen LogP contribution in [0.15, 0.2) is 29.3 Å². The van der Waals surface area contributed by atoms with Crippen LogP contribution in [-0.2, 0) is 9.47 Å². The number of aliphatic imine (C=N–C) groups is 1. The normalized spacial score (nSPS) is 20.9. The molecule has 2 saturated heterocycles. The highest BCUT2D eigenvalue weighted by molar-refractivity contribution is 14.0. The Hall–Kier alpha value is -1.10. The van der Waals surface area contributed by atoms with Gasteiger partial charge in [-0.05, 0) is 57.2 Å². The number of nitrogens with one attached hydrogen (secondary N) is 1. The molecule has 2 fully saturated rings. The van der Waals surface area contributed by atoms with Crippen molar-refractivity contribution in [2.24, 2.45) is 4.99 Å². The van der Waals surface area contributed by atoms with Gasteiger partial charge < -0.3 is 29.5 Å². The monoisotopic (exact) mass is 547 g/mol. The van der Waals surface area contributed by atoms with Crippen LogP contribution in [0.25, 0.3) is 0 Å². The number of ether oxygens (including phenoxy) is 3. The largest absolute Gasteiger partial charge is 0.491 e. The lowest BCUT2D eigenvalue weighted by Crippen LogP contribution is -2.47. The van der Waals surface area contributed by atoms with Crippen LogP contribution in [-0.4, -0.2) is 80.3 Å². The molecule has 7 nitrogen and oxygen atoms in total. The molecule has 8 heteroatoms. The summed E-state index contributed by atoms with van der Waals surface area (Å²) in [6.45, 7) is 8.80. The van der Waals surface area contributed by atoms with Gasteiger partial charge in [-0.25, -0.2) is 0 Å². The number of hydrogen-bond acceptors (Lipinski definition) is 5. The second-order valence-corrected chi connectivity index (χ2v) is 8.13. The number of aryl methyl sites for hydroxylation is 1. The van der Waals surface area contributed by atoms with E-state index >= 15 is 0 Å².